The Balaban J connectivity index is 0.00000180. The Hall–Kier alpha value is -0.721. The van der Waals surface area contributed by atoms with E-state index in [-0.39, 0.29) is 36.1 Å². The van der Waals surface area contributed by atoms with Crippen molar-refractivity contribution in [3.8, 4) is 0 Å². The molecule has 3 N–H and O–H groups in total. The largest absolute Gasteiger partial charge is 1.00 e. The van der Waals surface area contributed by atoms with E-state index in [0.29, 0.717) is 24.6 Å². The number of rotatable bonds is 4. The van der Waals surface area contributed by atoms with E-state index in [1.54, 1.807) is 17.5 Å². The van der Waals surface area contributed by atoms with Gasteiger partial charge in [-0.15, -0.1) is 0 Å². The van der Waals surface area contributed by atoms with Crippen LogP contribution in [-0.2, 0) is 30.0 Å². The summed E-state index contributed by atoms with van der Waals surface area (Å²) in [6.45, 7) is 4.71. The third kappa shape index (κ3) is 4.39. The molecule has 0 atom stereocenters. The first kappa shape index (κ1) is 19.3. The SMILES string of the molecule is Cc1ncc(C[n+]2csc(CCO)c2C)c(N)n1.[Cl-].[Cu]. The zero-order valence-corrected chi connectivity index (χ0v) is 13.7. The van der Waals surface area contributed by atoms with Crippen molar-refractivity contribution in [3.05, 3.63) is 33.7 Å². The number of hydrogen-bond donors (Lipinski definition) is 2. The molecule has 0 saturated carbocycles. The molecule has 115 valence electrons. The zero-order valence-electron chi connectivity index (χ0n) is 11.2. The van der Waals surface area contributed by atoms with Crippen molar-refractivity contribution in [2.75, 3.05) is 12.3 Å². The van der Waals surface area contributed by atoms with Crippen molar-refractivity contribution in [1.29, 1.82) is 0 Å². The minimum atomic E-state index is 0. The standard InChI is InChI=1S/C12H17N4OS.ClH.Cu/c1-8-11(3-4-17)18-7-16(8)6-10-5-14-9(2)15-12(10)13;;/h5,7,17H,3-4,6H2,1-2H3,(H2,13,14,15);1H;/q+1;;/p-1. The van der Waals surface area contributed by atoms with Gasteiger partial charge in [0.2, 0.25) is 5.51 Å². The summed E-state index contributed by atoms with van der Waals surface area (Å²) in [5.41, 5.74) is 10.0. The normalized spacial score (nSPS) is 9.75. The fourth-order valence-electron chi connectivity index (χ4n) is 1.77. The van der Waals surface area contributed by atoms with E-state index in [1.807, 2.05) is 19.4 Å². The van der Waals surface area contributed by atoms with Gasteiger partial charge in [-0.3, -0.25) is 0 Å². The summed E-state index contributed by atoms with van der Waals surface area (Å²) in [7, 11) is 0. The number of aryl methyl sites for hydroxylation is 1. The molecule has 2 rings (SSSR count). The fourth-order valence-corrected chi connectivity index (χ4v) is 2.75. The molecule has 5 nitrogen and oxygen atoms in total. The molecular weight excluding hydrogens is 347 g/mol. The predicted molar refractivity (Wildman–Crippen MR) is 70.3 cm³/mol. The van der Waals surface area contributed by atoms with E-state index in [9.17, 15) is 0 Å². The van der Waals surface area contributed by atoms with Crippen LogP contribution in [0.4, 0.5) is 5.82 Å². The molecule has 0 saturated heterocycles. The number of anilines is 1. The summed E-state index contributed by atoms with van der Waals surface area (Å²) in [4.78, 5) is 9.53. The van der Waals surface area contributed by atoms with Crippen LogP contribution in [0.2, 0.25) is 0 Å². The molecule has 0 amide bonds. The number of thiazole rings is 1. The molecule has 0 bridgehead atoms. The van der Waals surface area contributed by atoms with Gasteiger partial charge in [0.1, 0.15) is 11.6 Å². The molecule has 20 heavy (non-hydrogen) atoms. The van der Waals surface area contributed by atoms with Gasteiger partial charge in [0.15, 0.2) is 12.2 Å². The zero-order chi connectivity index (χ0) is 13.1. The van der Waals surface area contributed by atoms with Gasteiger partial charge in [-0.2, -0.15) is 4.57 Å². The summed E-state index contributed by atoms with van der Waals surface area (Å²) in [6.07, 6.45) is 2.47. The maximum absolute atomic E-state index is 8.98. The summed E-state index contributed by atoms with van der Waals surface area (Å²) in [5.74, 6) is 1.22. The molecule has 0 unspecified atom stereocenters. The van der Waals surface area contributed by atoms with E-state index < -0.39 is 0 Å². The average molecular weight is 364 g/mol. The van der Waals surface area contributed by atoms with E-state index in [2.05, 4.69) is 14.5 Å². The maximum Gasteiger partial charge on any atom is 0.225 e. The average Bonchev–Trinajstić information content (AvgIpc) is 2.66. The van der Waals surface area contributed by atoms with Gasteiger partial charge >= 0.3 is 0 Å². The van der Waals surface area contributed by atoms with Crippen LogP contribution in [0, 0.1) is 13.8 Å². The van der Waals surface area contributed by atoms with Crippen LogP contribution in [0.1, 0.15) is 22.0 Å². The molecule has 0 fully saturated rings. The summed E-state index contributed by atoms with van der Waals surface area (Å²) in [5, 5.41) is 8.98. The minimum Gasteiger partial charge on any atom is -1.00 e. The Labute approximate surface area is 139 Å². The molecule has 0 spiro atoms. The summed E-state index contributed by atoms with van der Waals surface area (Å²) >= 11 is 1.65. The van der Waals surface area contributed by atoms with Gasteiger partial charge in [0.25, 0.3) is 0 Å². The molecule has 0 aromatic carbocycles. The van der Waals surface area contributed by atoms with Gasteiger partial charge in [-0.25, -0.2) is 9.97 Å². The van der Waals surface area contributed by atoms with Crippen molar-refractivity contribution >= 4 is 17.2 Å². The summed E-state index contributed by atoms with van der Waals surface area (Å²) < 4.78 is 2.11. The van der Waals surface area contributed by atoms with Crippen molar-refractivity contribution in [2.24, 2.45) is 0 Å². The quantitative estimate of drug-likeness (QED) is 0.469. The van der Waals surface area contributed by atoms with Crippen LogP contribution < -0.4 is 22.7 Å². The summed E-state index contributed by atoms with van der Waals surface area (Å²) in [6, 6.07) is 0. The Bertz CT molecular complexity index is 564. The van der Waals surface area contributed by atoms with Crippen LogP contribution in [0.3, 0.4) is 0 Å². The third-order valence-electron chi connectivity index (χ3n) is 2.85. The van der Waals surface area contributed by atoms with Crippen LogP contribution in [0.5, 0.6) is 0 Å². The smallest absolute Gasteiger partial charge is 0.225 e. The maximum atomic E-state index is 8.98. The molecule has 0 aliphatic heterocycles. The van der Waals surface area contributed by atoms with E-state index in [1.165, 1.54) is 4.88 Å². The van der Waals surface area contributed by atoms with Crippen LogP contribution in [0.15, 0.2) is 11.7 Å². The van der Waals surface area contributed by atoms with Crippen LogP contribution in [0.25, 0.3) is 0 Å². The first-order valence-corrected chi connectivity index (χ1v) is 6.65. The molecular formula is C12H17ClCuN4OS. The molecule has 1 radical (unpaired) electrons. The van der Waals surface area contributed by atoms with Crippen molar-refractivity contribution < 1.29 is 39.1 Å². The van der Waals surface area contributed by atoms with E-state index in [0.717, 1.165) is 11.3 Å². The Morgan fingerprint density at radius 3 is 2.70 bits per heavy atom. The molecule has 0 aliphatic carbocycles. The second-order valence-electron chi connectivity index (χ2n) is 4.16. The number of aliphatic hydroxyl groups excluding tert-OH is 1. The topological polar surface area (TPSA) is 75.9 Å². The number of aliphatic hydroxyl groups is 1. The number of nitrogens with two attached hydrogens (primary N) is 1. The Morgan fingerprint density at radius 1 is 1.40 bits per heavy atom. The van der Waals surface area contributed by atoms with Crippen molar-refractivity contribution in [1.82, 2.24) is 9.97 Å². The first-order valence-electron chi connectivity index (χ1n) is 5.77. The van der Waals surface area contributed by atoms with Crippen LogP contribution in [-0.4, -0.2) is 21.7 Å². The van der Waals surface area contributed by atoms with Gasteiger partial charge in [-0.05, 0) is 6.92 Å². The molecule has 0 aliphatic rings. The number of hydrogen-bond acceptors (Lipinski definition) is 5. The Morgan fingerprint density at radius 2 is 2.10 bits per heavy atom. The molecule has 8 heteroatoms. The number of nitrogen functional groups attached to an aromatic ring is 1. The number of nitrogens with zero attached hydrogens (tertiary/aromatic N) is 3. The molecule has 2 aromatic rings. The second-order valence-corrected chi connectivity index (χ2v) is 5.10. The first-order chi connectivity index (χ1) is 8.61. The Kier molecular flexibility index (Phi) is 8.23. The van der Waals surface area contributed by atoms with Gasteiger partial charge in [0.05, 0.1) is 10.4 Å². The van der Waals surface area contributed by atoms with Crippen molar-refractivity contribution in [3.63, 3.8) is 0 Å². The predicted octanol–water partition coefficient (Wildman–Crippen LogP) is -2.39. The minimum absolute atomic E-state index is 0. The molecule has 2 heterocycles. The van der Waals surface area contributed by atoms with Gasteiger partial charge in [0, 0.05) is 43.2 Å². The second kappa shape index (κ2) is 8.54. The fraction of sp³-hybridized carbons (Fsp3) is 0.417. The number of aromatic nitrogens is 3. The van der Waals surface area contributed by atoms with E-state index in [4.69, 9.17) is 10.8 Å². The van der Waals surface area contributed by atoms with E-state index >= 15 is 0 Å². The monoisotopic (exact) mass is 363 g/mol. The third-order valence-corrected chi connectivity index (χ3v) is 4.00. The van der Waals surface area contributed by atoms with Gasteiger partial charge in [-0.1, -0.05) is 11.3 Å². The number of halogens is 1. The van der Waals surface area contributed by atoms with Gasteiger partial charge < -0.3 is 23.2 Å². The van der Waals surface area contributed by atoms with Crippen LogP contribution >= 0.6 is 11.3 Å². The van der Waals surface area contributed by atoms with Crippen molar-refractivity contribution in [2.45, 2.75) is 26.8 Å². The molecule has 2 aromatic heterocycles.